The fourth-order valence-corrected chi connectivity index (χ4v) is 5.39. The highest BCUT2D eigenvalue weighted by Gasteiger charge is 2.35. The number of amides is 2. The van der Waals surface area contributed by atoms with Gasteiger partial charge in [0.2, 0.25) is 0 Å². The van der Waals surface area contributed by atoms with Crippen molar-refractivity contribution >= 4 is 68.9 Å². The summed E-state index contributed by atoms with van der Waals surface area (Å²) in [7, 11) is 1.40. The van der Waals surface area contributed by atoms with E-state index >= 15 is 0 Å². The monoisotopic (exact) mass is 563 g/mol. The molecular formula is C29H19Cl2NO5S. The minimum Gasteiger partial charge on any atom is -0.493 e. The molecule has 1 saturated heterocycles. The Kier molecular flexibility index (Phi) is 7.42. The van der Waals surface area contributed by atoms with Crippen LogP contribution in [0.5, 0.6) is 11.5 Å². The third-order valence-electron chi connectivity index (χ3n) is 5.92. The highest BCUT2D eigenvalue weighted by Crippen LogP contribution is 2.40. The van der Waals surface area contributed by atoms with Crippen LogP contribution in [0.4, 0.5) is 4.79 Å². The van der Waals surface area contributed by atoms with Crippen molar-refractivity contribution in [3.63, 3.8) is 0 Å². The van der Waals surface area contributed by atoms with E-state index < -0.39 is 11.9 Å². The van der Waals surface area contributed by atoms with Crippen LogP contribution < -0.4 is 9.47 Å². The number of halogens is 2. The highest BCUT2D eigenvalue weighted by molar-refractivity contribution is 8.18. The molecule has 2 amide bonds. The van der Waals surface area contributed by atoms with E-state index in [1.54, 1.807) is 30.3 Å². The first-order valence-electron chi connectivity index (χ1n) is 11.4. The summed E-state index contributed by atoms with van der Waals surface area (Å²) in [5.74, 6) is -0.908. The maximum absolute atomic E-state index is 13.2. The Bertz CT molecular complexity index is 1630. The summed E-state index contributed by atoms with van der Waals surface area (Å²) in [5.41, 5.74) is 1.55. The van der Waals surface area contributed by atoms with Crippen LogP contribution in [-0.4, -0.2) is 29.1 Å². The fourth-order valence-electron chi connectivity index (χ4n) is 4.08. The molecular weight excluding hydrogens is 545 g/mol. The number of carbonyl (C=O) groups is 3. The Labute approximate surface area is 232 Å². The molecule has 4 aromatic rings. The van der Waals surface area contributed by atoms with E-state index in [0.717, 1.165) is 28.1 Å². The number of imide groups is 1. The van der Waals surface area contributed by atoms with Crippen molar-refractivity contribution in [2.24, 2.45) is 0 Å². The molecule has 1 fully saturated rings. The van der Waals surface area contributed by atoms with Gasteiger partial charge in [0.25, 0.3) is 11.1 Å². The lowest BCUT2D eigenvalue weighted by Gasteiger charge is -2.14. The molecule has 0 aromatic heterocycles. The number of thioether (sulfide) groups is 1. The molecule has 0 bridgehead atoms. The van der Waals surface area contributed by atoms with Gasteiger partial charge in [-0.25, -0.2) is 4.79 Å². The molecule has 0 unspecified atom stereocenters. The molecule has 0 aliphatic carbocycles. The van der Waals surface area contributed by atoms with Gasteiger partial charge in [-0.3, -0.25) is 14.5 Å². The van der Waals surface area contributed by atoms with Crippen molar-refractivity contribution < 1.29 is 23.9 Å². The number of hydrogen-bond acceptors (Lipinski definition) is 6. The number of esters is 1. The molecule has 5 rings (SSSR count). The van der Waals surface area contributed by atoms with Crippen LogP contribution in [0.1, 0.15) is 21.5 Å². The van der Waals surface area contributed by atoms with Gasteiger partial charge in [0.05, 0.1) is 34.2 Å². The summed E-state index contributed by atoms with van der Waals surface area (Å²) in [6, 6.07) is 23.2. The van der Waals surface area contributed by atoms with E-state index in [1.807, 2.05) is 42.5 Å². The predicted octanol–water partition coefficient (Wildman–Crippen LogP) is 7.61. The lowest BCUT2D eigenvalue weighted by Crippen LogP contribution is -2.27. The van der Waals surface area contributed by atoms with Crippen LogP contribution in [0, 0.1) is 0 Å². The number of fused-ring (bicyclic) bond motifs is 1. The molecule has 0 radical (unpaired) electrons. The number of rotatable bonds is 6. The maximum atomic E-state index is 13.2. The smallest absolute Gasteiger partial charge is 0.345 e. The van der Waals surface area contributed by atoms with Crippen molar-refractivity contribution in [2.75, 3.05) is 7.11 Å². The first kappa shape index (κ1) is 25.9. The SMILES string of the molecule is COc1cc(/C=C2\SC(=O)N(Cc3cccc4ccccc34)C2=O)cc(Cl)c1OC(=O)c1ccccc1Cl. The molecule has 38 heavy (non-hydrogen) atoms. The van der Waals surface area contributed by atoms with Crippen LogP contribution >= 0.6 is 35.0 Å². The van der Waals surface area contributed by atoms with E-state index in [-0.39, 0.29) is 43.8 Å². The van der Waals surface area contributed by atoms with E-state index in [9.17, 15) is 14.4 Å². The Hall–Kier alpha value is -3.78. The zero-order chi connectivity index (χ0) is 26.8. The van der Waals surface area contributed by atoms with Crippen LogP contribution in [0.25, 0.3) is 16.8 Å². The lowest BCUT2D eigenvalue weighted by molar-refractivity contribution is -0.123. The van der Waals surface area contributed by atoms with Crippen molar-refractivity contribution in [1.82, 2.24) is 4.90 Å². The predicted molar refractivity (Wildman–Crippen MR) is 150 cm³/mol. The van der Waals surface area contributed by atoms with Gasteiger partial charge < -0.3 is 9.47 Å². The average Bonchev–Trinajstić information content (AvgIpc) is 3.17. The van der Waals surface area contributed by atoms with Gasteiger partial charge >= 0.3 is 5.97 Å². The molecule has 190 valence electrons. The van der Waals surface area contributed by atoms with Crippen molar-refractivity contribution in [3.8, 4) is 11.5 Å². The summed E-state index contributed by atoms with van der Waals surface area (Å²) in [6.07, 6.45) is 1.56. The normalized spacial score (nSPS) is 14.4. The largest absolute Gasteiger partial charge is 0.493 e. The number of carbonyl (C=O) groups excluding carboxylic acids is 3. The highest BCUT2D eigenvalue weighted by atomic mass is 35.5. The minimum absolute atomic E-state index is 0.0142. The number of benzene rings is 4. The van der Waals surface area contributed by atoms with Gasteiger partial charge in [0.15, 0.2) is 11.5 Å². The summed E-state index contributed by atoms with van der Waals surface area (Å²) in [4.78, 5) is 40.0. The van der Waals surface area contributed by atoms with Crippen LogP contribution in [0.2, 0.25) is 10.0 Å². The van der Waals surface area contributed by atoms with Gasteiger partial charge in [-0.2, -0.15) is 0 Å². The number of methoxy groups -OCH3 is 1. The molecule has 6 nitrogen and oxygen atoms in total. The molecule has 0 spiro atoms. The number of hydrogen-bond donors (Lipinski definition) is 0. The third-order valence-corrected chi connectivity index (χ3v) is 7.44. The summed E-state index contributed by atoms with van der Waals surface area (Å²) < 4.78 is 10.9. The number of ether oxygens (including phenoxy) is 2. The zero-order valence-corrected chi connectivity index (χ0v) is 22.3. The summed E-state index contributed by atoms with van der Waals surface area (Å²) in [6.45, 7) is 0.157. The molecule has 9 heteroatoms. The van der Waals surface area contributed by atoms with Gasteiger partial charge in [0.1, 0.15) is 0 Å². The molecule has 1 aliphatic heterocycles. The molecule has 0 N–H and O–H groups in total. The molecule has 1 heterocycles. The zero-order valence-electron chi connectivity index (χ0n) is 19.9. The van der Waals surface area contributed by atoms with Gasteiger partial charge in [0, 0.05) is 0 Å². The topological polar surface area (TPSA) is 72.9 Å². The fraction of sp³-hybridized carbons (Fsp3) is 0.0690. The van der Waals surface area contributed by atoms with E-state index in [2.05, 4.69) is 0 Å². The van der Waals surface area contributed by atoms with Crippen molar-refractivity contribution in [3.05, 3.63) is 111 Å². The summed E-state index contributed by atoms with van der Waals surface area (Å²) in [5, 5.41) is 1.98. The third kappa shape index (κ3) is 5.13. The van der Waals surface area contributed by atoms with Crippen molar-refractivity contribution in [1.29, 1.82) is 0 Å². The quantitative estimate of drug-likeness (QED) is 0.136. The molecule has 1 aliphatic rings. The van der Waals surface area contributed by atoms with E-state index in [1.165, 1.54) is 24.1 Å². The Morgan fingerprint density at radius 3 is 2.47 bits per heavy atom. The van der Waals surface area contributed by atoms with Gasteiger partial charge in [-0.1, -0.05) is 77.8 Å². The number of nitrogens with zero attached hydrogens (tertiary/aromatic N) is 1. The standard InChI is InChI=1S/C29H19Cl2NO5S/c1-36-24-14-17(13-23(31)26(24)37-28(34)21-11-4-5-12-22(21)30)15-25-27(33)32(29(35)38-25)16-19-9-6-8-18-7-2-3-10-20(18)19/h2-15H,16H2,1H3/b25-15-. The van der Waals surface area contributed by atoms with Crippen molar-refractivity contribution in [2.45, 2.75) is 6.54 Å². The average molecular weight is 564 g/mol. The Balaban J connectivity index is 1.40. The second-order valence-corrected chi connectivity index (χ2v) is 10.1. The minimum atomic E-state index is -0.696. The second-order valence-electron chi connectivity index (χ2n) is 8.31. The molecule has 0 atom stereocenters. The van der Waals surface area contributed by atoms with Gasteiger partial charge in [-0.05, 0) is 64.0 Å². The first-order chi connectivity index (χ1) is 18.4. The van der Waals surface area contributed by atoms with Crippen LogP contribution in [0.3, 0.4) is 0 Å². The Morgan fingerprint density at radius 1 is 0.947 bits per heavy atom. The first-order valence-corrected chi connectivity index (χ1v) is 13.0. The molecule has 4 aromatic carbocycles. The van der Waals surface area contributed by atoms with E-state index in [4.69, 9.17) is 32.7 Å². The second kappa shape index (κ2) is 10.9. The van der Waals surface area contributed by atoms with Crippen LogP contribution in [0.15, 0.2) is 83.8 Å². The maximum Gasteiger partial charge on any atom is 0.345 e. The van der Waals surface area contributed by atoms with E-state index in [0.29, 0.717) is 5.56 Å². The Morgan fingerprint density at radius 2 is 1.68 bits per heavy atom. The van der Waals surface area contributed by atoms with Gasteiger partial charge in [-0.15, -0.1) is 0 Å². The summed E-state index contributed by atoms with van der Waals surface area (Å²) >= 11 is 13.4. The molecule has 0 saturated carbocycles. The van der Waals surface area contributed by atoms with Crippen LogP contribution in [-0.2, 0) is 11.3 Å². The lowest BCUT2D eigenvalue weighted by atomic mass is 10.0.